The highest BCUT2D eigenvalue weighted by atomic mass is 79.9. The molecule has 0 spiro atoms. The van der Waals surface area contributed by atoms with E-state index in [0.29, 0.717) is 40.3 Å². The molecule has 1 N–H and O–H groups in total. The Hall–Kier alpha value is -1.59. The summed E-state index contributed by atoms with van der Waals surface area (Å²) in [6.07, 6.45) is -0.939. The molecule has 3 nitrogen and oxygen atoms in total. The Morgan fingerprint density at radius 1 is 1.10 bits per heavy atom. The molecule has 0 radical (unpaired) electrons. The zero-order valence-corrected chi connectivity index (χ0v) is 13.0. The van der Waals surface area contributed by atoms with Crippen molar-refractivity contribution in [3.8, 4) is 11.5 Å². The van der Waals surface area contributed by atoms with Crippen LogP contribution in [0.2, 0.25) is 0 Å². The van der Waals surface area contributed by atoms with Crippen LogP contribution in [-0.4, -0.2) is 18.3 Å². The van der Waals surface area contributed by atoms with Gasteiger partial charge in [0, 0.05) is 10.0 Å². The Bertz CT molecular complexity index is 687. The van der Waals surface area contributed by atoms with Crippen molar-refractivity contribution in [1.29, 1.82) is 0 Å². The molecular formula is C16H14BrFO3. The molecule has 1 aliphatic heterocycles. The number of fused-ring (bicyclic) bond motifs is 1. The van der Waals surface area contributed by atoms with Gasteiger partial charge in [0.15, 0.2) is 11.5 Å². The van der Waals surface area contributed by atoms with Crippen LogP contribution in [0, 0.1) is 12.7 Å². The van der Waals surface area contributed by atoms with Gasteiger partial charge in [-0.3, -0.25) is 0 Å². The van der Waals surface area contributed by atoms with Crippen molar-refractivity contribution in [3.05, 3.63) is 57.3 Å². The van der Waals surface area contributed by atoms with Crippen LogP contribution >= 0.6 is 15.9 Å². The van der Waals surface area contributed by atoms with Gasteiger partial charge < -0.3 is 14.6 Å². The number of ether oxygens (including phenoxy) is 2. The van der Waals surface area contributed by atoms with E-state index in [4.69, 9.17) is 9.47 Å². The first-order chi connectivity index (χ1) is 10.1. The Morgan fingerprint density at radius 3 is 2.48 bits per heavy atom. The van der Waals surface area contributed by atoms with Gasteiger partial charge in [-0.2, -0.15) is 0 Å². The van der Waals surface area contributed by atoms with Crippen molar-refractivity contribution >= 4 is 15.9 Å². The van der Waals surface area contributed by atoms with Gasteiger partial charge >= 0.3 is 0 Å². The molecular weight excluding hydrogens is 339 g/mol. The largest absolute Gasteiger partial charge is 0.486 e. The Balaban J connectivity index is 2.05. The maximum absolute atomic E-state index is 13.4. The van der Waals surface area contributed by atoms with E-state index >= 15 is 0 Å². The molecule has 21 heavy (non-hydrogen) atoms. The predicted octanol–water partition coefficient (Wildman–Crippen LogP) is 3.75. The zero-order valence-electron chi connectivity index (χ0n) is 11.4. The van der Waals surface area contributed by atoms with Gasteiger partial charge in [0.2, 0.25) is 0 Å². The lowest BCUT2D eigenvalue weighted by molar-refractivity contribution is 0.169. The summed E-state index contributed by atoms with van der Waals surface area (Å²) >= 11 is 3.43. The number of rotatable bonds is 2. The first-order valence-electron chi connectivity index (χ1n) is 6.59. The molecule has 0 bridgehead atoms. The summed E-state index contributed by atoms with van der Waals surface area (Å²) in [4.78, 5) is 0. The molecule has 1 atom stereocenters. The second-order valence-corrected chi connectivity index (χ2v) is 5.78. The molecule has 0 fully saturated rings. The van der Waals surface area contributed by atoms with Gasteiger partial charge in [-0.1, -0.05) is 22.0 Å². The lowest BCUT2D eigenvalue weighted by Gasteiger charge is -2.22. The van der Waals surface area contributed by atoms with Gasteiger partial charge in [-0.25, -0.2) is 4.39 Å². The maximum Gasteiger partial charge on any atom is 0.162 e. The van der Waals surface area contributed by atoms with E-state index in [2.05, 4.69) is 15.9 Å². The topological polar surface area (TPSA) is 38.7 Å². The smallest absolute Gasteiger partial charge is 0.162 e. The van der Waals surface area contributed by atoms with Crippen LogP contribution < -0.4 is 9.47 Å². The zero-order chi connectivity index (χ0) is 15.0. The summed E-state index contributed by atoms with van der Waals surface area (Å²) in [5.74, 6) is 0.857. The summed E-state index contributed by atoms with van der Waals surface area (Å²) in [5, 5.41) is 10.6. The number of aliphatic hydroxyl groups is 1. The van der Waals surface area contributed by atoms with E-state index in [9.17, 15) is 9.50 Å². The number of benzene rings is 2. The summed E-state index contributed by atoms with van der Waals surface area (Å²) in [6, 6.07) is 7.88. The van der Waals surface area contributed by atoms with Crippen LogP contribution in [0.25, 0.3) is 0 Å². The fourth-order valence-electron chi connectivity index (χ4n) is 2.36. The van der Waals surface area contributed by atoms with E-state index in [1.807, 2.05) is 6.92 Å². The molecule has 0 saturated heterocycles. The van der Waals surface area contributed by atoms with Crippen molar-refractivity contribution < 1.29 is 19.0 Å². The van der Waals surface area contributed by atoms with Crippen LogP contribution in [-0.2, 0) is 0 Å². The fraction of sp³-hybridized carbons (Fsp3) is 0.250. The highest BCUT2D eigenvalue weighted by Gasteiger charge is 2.21. The molecule has 1 unspecified atom stereocenters. The van der Waals surface area contributed by atoms with E-state index < -0.39 is 6.10 Å². The summed E-state index contributed by atoms with van der Waals surface area (Å²) in [6.45, 7) is 2.82. The molecule has 0 aromatic heterocycles. The van der Waals surface area contributed by atoms with Gasteiger partial charge in [0.1, 0.15) is 25.1 Å². The predicted molar refractivity (Wildman–Crippen MR) is 80.3 cm³/mol. The molecule has 0 saturated carbocycles. The average molecular weight is 353 g/mol. The Morgan fingerprint density at radius 2 is 1.76 bits per heavy atom. The van der Waals surface area contributed by atoms with Crippen molar-refractivity contribution in [2.24, 2.45) is 0 Å². The van der Waals surface area contributed by atoms with Crippen molar-refractivity contribution in [2.45, 2.75) is 13.0 Å². The monoisotopic (exact) mass is 352 g/mol. The number of hydrogen-bond donors (Lipinski definition) is 1. The van der Waals surface area contributed by atoms with E-state index in [-0.39, 0.29) is 5.82 Å². The second kappa shape index (κ2) is 5.66. The summed E-state index contributed by atoms with van der Waals surface area (Å²) in [7, 11) is 0. The van der Waals surface area contributed by atoms with Crippen LogP contribution in [0.15, 0.2) is 34.8 Å². The third kappa shape index (κ3) is 2.76. The highest BCUT2D eigenvalue weighted by Crippen LogP contribution is 2.39. The second-order valence-electron chi connectivity index (χ2n) is 4.92. The van der Waals surface area contributed by atoms with E-state index in [0.717, 1.165) is 5.56 Å². The van der Waals surface area contributed by atoms with Gasteiger partial charge in [-0.05, 0) is 42.3 Å². The standard InChI is InChI=1S/C16H14BrFO3/c1-9-2-3-10(18)6-11(9)16(19)12-7-14-15(8-13(12)17)21-5-4-20-14/h2-3,6-8,16,19H,4-5H2,1H3. The van der Waals surface area contributed by atoms with Crippen LogP contribution in [0.1, 0.15) is 22.8 Å². The van der Waals surface area contributed by atoms with Gasteiger partial charge in [0.05, 0.1) is 0 Å². The van der Waals surface area contributed by atoms with E-state index in [1.165, 1.54) is 12.1 Å². The summed E-state index contributed by atoms with van der Waals surface area (Å²) in [5.41, 5.74) is 1.98. The maximum atomic E-state index is 13.4. The quantitative estimate of drug-likeness (QED) is 0.894. The molecule has 0 amide bonds. The summed E-state index contributed by atoms with van der Waals surface area (Å²) < 4.78 is 25.1. The van der Waals surface area contributed by atoms with Crippen molar-refractivity contribution in [2.75, 3.05) is 13.2 Å². The van der Waals surface area contributed by atoms with Crippen LogP contribution in [0.4, 0.5) is 4.39 Å². The lowest BCUT2D eigenvalue weighted by Crippen LogP contribution is -2.16. The molecule has 2 aromatic carbocycles. The average Bonchev–Trinajstić information content (AvgIpc) is 2.48. The molecule has 5 heteroatoms. The van der Waals surface area contributed by atoms with Crippen LogP contribution in [0.5, 0.6) is 11.5 Å². The van der Waals surface area contributed by atoms with Gasteiger partial charge in [0.25, 0.3) is 0 Å². The molecule has 110 valence electrons. The third-order valence-electron chi connectivity index (χ3n) is 3.49. The fourth-order valence-corrected chi connectivity index (χ4v) is 2.90. The highest BCUT2D eigenvalue weighted by molar-refractivity contribution is 9.10. The first kappa shape index (κ1) is 14.4. The number of halogens is 2. The molecule has 0 aliphatic carbocycles. The van der Waals surface area contributed by atoms with Crippen molar-refractivity contribution in [1.82, 2.24) is 0 Å². The van der Waals surface area contributed by atoms with E-state index in [1.54, 1.807) is 18.2 Å². The SMILES string of the molecule is Cc1ccc(F)cc1C(O)c1cc2c(cc1Br)OCCO2. The molecule has 1 heterocycles. The molecule has 1 aliphatic rings. The number of aryl methyl sites for hydroxylation is 1. The van der Waals surface area contributed by atoms with Crippen LogP contribution in [0.3, 0.4) is 0 Å². The van der Waals surface area contributed by atoms with Crippen molar-refractivity contribution in [3.63, 3.8) is 0 Å². The molecule has 3 rings (SSSR count). The number of hydrogen-bond acceptors (Lipinski definition) is 3. The Labute approximate surface area is 130 Å². The minimum atomic E-state index is -0.939. The number of aliphatic hydroxyl groups excluding tert-OH is 1. The molecule has 2 aromatic rings. The first-order valence-corrected chi connectivity index (χ1v) is 7.38. The third-order valence-corrected chi connectivity index (χ3v) is 4.18. The Kier molecular flexibility index (Phi) is 3.87. The van der Waals surface area contributed by atoms with Gasteiger partial charge in [-0.15, -0.1) is 0 Å². The minimum Gasteiger partial charge on any atom is -0.486 e. The minimum absolute atomic E-state index is 0.372. The normalized spacial score (nSPS) is 14.9. The lowest BCUT2D eigenvalue weighted by atomic mass is 9.97.